The maximum Gasteiger partial charge on any atom is 0.178 e. The maximum atomic E-state index is 6.62. The molecule has 0 atom stereocenters. The van der Waals surface area contributed by atoms with Crippen molar-refractivity contribution in [1.29, 1.82) is 0 Å². The normalized spacial score (nSPS) is 12.2. The molecule has 0 saturated heterocycles. The van der Waals surface area contributed by atoms with E-state index >= 15 is 0 Å². The van der Waals surface area contributed by atoms with Gasteiger partial charge in [-0.3, -0.25) is 0 Å². The molecule has 0 bridgehead atoms. The van der Waals surface area contributed by atoms with E-state index in [1.165, 1.54) is 115 Å². The average molecular weight is 1030 g/mol. The highest BCUT2D eigenvalue weighted by Crippen LogP contribution is 2.50. The van der Waals surface area contributed by atoms with E-state index in [1.807, 2.05) is 12.1 Å². The van der Waals surface area contributed by atoms with Crippen molar-refractivity contribution < 1.29 is 13.3 Å². The fourth-order valence-corrected chi connectivity index (χ4v) is 13.9. The lowest BCUT2D eigenvalue weighted by Gasteiger charge is -2.20. The molecular formula is C78H44O3. The Morgan fingerprint density at radius 2 is 0.531 bits per heavy atom. The first-order valence-electron chi connectivity index (χ1n) is 27.8. The van der Waals surface area contributed by atoms with Crippen molar-refractivity contribution in [2.45, 2.75) is 0 Å². The first kappa shape index (κ1) is 44.3. The van der Waals surface area contributed by atoms with Gasteiger partial charge in [0.2, 0.25) is 0 Å². The molecule has 15 aromatic carbocycles. The summed E-state index contributed by atoms with van der Waals surface area (Å²) in [7, 11) is 0. The van der Waals surface area contributed by atoms with Crippen molar-refractivity contribution in [3.63, 3.8) is 0 Å². The van der Waals surface area contributed by atoms with E-state index in [0.717, 1.165) is 71.4 Å². The fourth-order valence-electron chi connectivity index (χ4n) is 13.9. The Kier molecular flexibility index (Phi) is 9.23. The zero-order valence-corrected chi connectivity index (χ0v) is 43.6. The first-order chi connectivity index (χ1) is 40.2. The molecule has 0 fully saturated rings. The van der Waals surface area contributed by atoms with Gasteiger partial charge >= 0.3 is 0 Å². The Morgan fingerprint density at radius 3 is 1.09 bits per heavy atom. The highest BCUT2D eigenvalue weighted by Gasteiger charge is 2.23. The van der Waals surface area contributed by atoms with Crippen LogP contribution in [0.3, 0.4) is 0 Å². The van der Waals surface area contributed by atoms with Gasteiger partial charge in [0.05, 0.1) is 0 Å². The summed E-state index contributed by atoms with van der Waals surface area (Å²) in [5, 5.41) is 21.1. The molecule has 3 heterocycles. The molecule has 0 spiro atoms. The molecular weight excluding hydrogens is 985 g/mol. The molecule has 374 valence electrons. The second-order valence-corrected chi connectivity index (χ2v) is 21.7. The molecule has 0 aliphatic rings. The van der Waals surface area contributed by atoms with Gasteiger partial charge in [-0.2, -0.15) is 0 Å². The highest BCUT2D eigenvalue weighted by molar-refractivity contribution is 6.27. The number of para-hydroxylation sites is 1. The number of benzene rings is 15. The summed E-state index contributed by atoms with van der Waals surface area (Å²) in [4.78, 5) is 0. The molecule has 3 nitrogen and oxygen atoms in total. The van der Waals surface area contributed by atoms with Crippen LogP contribution in [0, 0.1) is 0 Å². The summed E-state index contributed by atoms with van der Waals surface area (Å²) in [5.74, 6) is 0. The van der Waals surface area contributed by atoms with Crippen molar-refractivity contribution in [1.82, 2.24) is 0 Å². The van der Waals surface area contributed by atoms with Crippen molar-refractivity contribution in [2.75, 3.05) is 0 Å². The lowest BCUT2D eigenvalue weighted by atomic mass is 9.83. The minimum atomic E-state index is 0.781. The first-order valence-corrected chi connectivity index (χ1v) is 27.8. The third-order valence-electron chi connectivity index (χ3n) is 17.4. The summed E-state index contributed by atoms with van der Waals surface area (Å²) in [6.45, 7) is 0. The predicted octanol–water partition coefficient (Wildman–Crippen LogP) is 22.6. The van der Waals surface area contributed by atoms with Crippen LogP contribution in [0.4, 0.5) is 0 Å². The Morgan fingerprint density at radius 1 is 0.173 bits per heavy atom. The quantitative estimate of drug-likeness (QED) is 0.161. The Labute approximate surface area is 463 Å². The van der Waals surface area contributed by atoms with E-state index < -0.39 is 0 Å². The lowest BCUT2D eigenvalue weighted by Crippen LogP contribution is -1.93. The van der Waals surface area contributed by atoms with Crippen LogP contribution in [-0.2, 0) is 0 Å². The fraction of sp³-hybridized carbons (Fsp3) is 0. The van der Waals surface area contributed by atoms with Crippen LogP contribution in [0.2, 0.25) is 0 Å². The van der Waals surface area contributed by atoms with E-state index in [2.05, 4.69) is 255 Å². The van der Waals surface area contributed by atoms with Gasteiger partial charge in [-0.05, 0) is 175 Å². The van der Waals surface area contributed by atoms with Gasteiger partial charge in [0, 0.05) is 32.3 Å². The van der Waals surface area contributed by atoms with Crippen LogP contribution >= 0.6 is 0 Å². The predicted molar refractivity (Wildman–Crippen MR) is 340 cm³/mol. The largest absolute Gasteiger partial charge is 0.456 e. The van der Waals surface area contributed by atoms with E-state index in [4.69, 9.17) is 13.3 Å². The summed E-state index contributed by atoms with van der Waals surface area (Å²) in [6.07, 6.45) is 0. The van der Waals surface area contributed by atoms with Gasteiger partial charge < -0.3 is 13.3 Å². The van der Waals surface area contributed by atoms with Crippen LogP contribution in [-0.4, -0.2) is 0 Å². The number of furan rings is 3. The third kappa shape index (κ3) is 6.46. The van der Waals surface area contributed by atoms with Crippen LogP contribution in [0.15, 0.2) is 280 Å². The van der Waals surface area contributed by atoms with Gasteiger partial charge in [-0.25, -0.2) is 0 Å². The summed E-state index contributed by atoms with van der Waals surface area (Å²) in [5.41, 5.74) is 17.1. The summed E-state index contributed by atoms with van der Waals surface area (Å²) < 4.78 is 19.5. The van der Waals surface area contributed by atoms with E-state index in [0.29, 0.717) is 0 Å². The topological polar surface area (TPSA) is 39.4 Å². The van der Waals surface area contributed by atoms with Gasteiger partial charge in [0.25, 0.3) is 0 Å². The molecule has 0 aliphatic heterocycles. The van der Waals surface area contributed by atoms with Crippen molar-refractivity contribution in [2.24, 2.45) is 0 Å². The molecule has 81 heavy (non-hydrogen) atoms. The van der Waals surface area contributed by atoms with Crippen LogP contribution in [0.25, 0.3) is 186 Å². The van der Waals surface area contributed by atoms with Gasteiger partial charge in [-0.1, -0.05) is 212 Å². The van der Waals surface area contributed by atoms with E-state index in [1.54, 1.807) is 0 Å². The van der Waals surface area contributed by atoms with E-state index in [-0.39, 0.29) is 0 Å². The Hall–Kier alpha value is -10.7. The third-order valence-corrected chi connectivity index (χ3v) is 17.4. The highest BCUT2D eigenvalue weighted by atomic mass is 16.4. The molecule has 0 unspecified atom stereocenters. The monoisotopic (exact) mass is 1030 g/mol. The molecule has 0 radical (unpaired) electrons. The van der Waals surface area contributed by atoms with Gasteiger partial charge in [-0.15, -0.1) is 0 Å². The summed E-state index contributed by atoms with van der Waals surface area (Å²) in [6, 6.07) is 97.5. The van der Waals surface area contributed by atoms with Gasteiger partial charge in [0.1, 0.15) is 22.3 Å². The minimum Gasteiger partial charge on any atom is -0.456 e. The molecule has 3 heteroatoms. The van der Waals surface area contributed by atoms with Crippen molar-refractivity contribution in [3.05, 3.63) is 267 Å². The summed E-state index contributed by atoms with van der Waals surface area (Å²) >= 11 is 0. The Bertz CT molecular complexity index is 5600. The average Bonchev–Trinajstić information content (AvgIpc) is 4.37. The molecule has 18 aromatic rings. The molecule has 3 aromatic heterocycles. The maximum absolute atomic E-state index is 6.62. The van der Waals surface area contributed by atoms with Crippen LogP contribution in [0.1, 0.15) is 0 Å². The van der Waals surface area contributed by atoms with Gasteiger partial charge in [0.15, 0.2) is 11.2 Å². The number of fused-ring (bicyclic) bond motifs is 16. The van der Waals surface area contributed by atoms with Crippen LogP contribution < -0.4 is 0 Å². The van der Waals surface area contributed by atoms with E-state index in [9.17, 15) is 0 Å². The smallest absolute Gasteiger partial charge is 0.178 e. The molecule has 0 N–H and O–H groups in total. The Balaban J connectivity index is 0.757. The molecule has 0 aliphatic carbocycles. The zero-order valence-electron chi connectivity index (χ0n) is 43.6. The lowest BCUT2D eigenvalue weighted by molar-refractivity contribution is 0.633. The molecule has 18 rings (SSSR count). The molecule has 0 saturated carbocycles. The minimum absolute atomic E-state index is 0.781. The molecule has 0 amide bonds. The van der Waals surface area contributed by atoms with Crippen LogP contribution in [0.5, 0.6) is 0 Å². The zero-order chi connectivity index (χ0) is 52.9. The second kappa shape index (κ2) is 16.9. The number of hydrogen-bond acceptors (Lipinski definition) is 3. The number of rotatable bonds is 5. The van der Waals surface area contributed by atoms with Crippen molar-refractivity contribution in [3.8, 4) is 55.6 Å². The van der Waals surface area contributed by atoms with Crippen molar-refractivity contribution >= 4 is 130 Å². The number of hydrogen-bond donors (Lipinski definition) is 0. The SMILES string of the molecule is c1ccc2cc3c(cc2c1)oc1ccc(-c2c4ccccc4c(-c4ccc(-c5ccc(-c6c7ccccc7c(-c7ccc8oc9c(ccc%10c%11ccccc%11oc%109)c8c7)c7ccccc67)c6ccccc56)cc4)c4ccccc24)cc13. The standard InChI is InChI=1S/C78H44O3/c1-2-16-48-44-72-68(41-47(48)15-1)67-43-50(33-39-70(67)79-72)74-57-22-7-5-20-55(57)73(56-21-6-8-23-58(56)74)46-31-29-45(30-32-46)51-35-36-63(53-18-4-3-17-52(51)53)76-61-26-11-9-24-59(61)75(60-25-10-12-27-62(60)76)49-34-40-71-66(42-49)65-38-37-64-54-19-13-14-28-69(54)80-77(64)78(65)81-71/h1-44H. The second-order valence-electron chi connectivity index (χ2n) is 21.7.